The lowest BCUT2D eigenvalue weighted by atomic mass is 9.95. The van der Waals surface area contributed by atoms with Gasteiger partial charge in [0.25, 0.3) is 0 Å². The van der Waals surface area contributed by atoms with Gasteiger partial charge < -0.3 is 10.2 Å². The molecular weight excluding hydrogens is 240 g/mol. The Morgan fingerprint density at radius 3 is 2.58 bits per heavy atom. The first-order valence-electron chi connectivity index (χ1n) is 6.49. The normalized spacial score (nSPS) is 11.2. The number of rotatable bonds is 6. The predicted molar refractivity (Wildman–Crippen MR) is 78.2 cm³/mol. The molecule has 1 aromatic rings. The summed E-state index contributed by atoms with van der Waals surface area (Å²) in [6.07, 6.45) is 3.73. The summed E-state index contributed by atoms with van der Waals surface area (Å²) in [5.41, 5.74) is 3.28. The molecule has 0 bridgehead atoms. The number of anilines is 1. The summed E-state index contributed by atoms with van der Waals surface area (Å²) >= 11 is 0. The molecule has 3 N–H and O–H groups in total. The molecule has 1 aromatic heterocycles. The number of aromatic nitrogens is 2. The average molecular weight is 264 g/mol. The van der Waals surface area contributed by atoms with Crippen molar-refractivity contribution in [3.63, 3.8) is 0 Å². The van der Waals surface area contributed by atoms with E-state index < -0.39 is 0 Å². The van der Waals surface area contributed by atoms with Crippen molar-refractivity contribution < 1.29 is 4.74 Å². The largest absolute Gasteiger partial charge is 0.477 e. The number of ether oxygens (including phenoxy) is 1. The topological polar surface area (TPSA) is 73.1 Å². The van der Waals surface area contributed by atoms with E-state index in [1.54, 1.807) is 0 Å². The third kappa shape index (κ3) is 4.21. The first-order chi connectivity index (χ1) is 8.90. The number of hydrogen-bond donors (Lipinski definition) is 2. The number of allylic oxidation sites excluding steroid dienone is 1. The smallest absolute Gasteiger partial charge is 0.221 e. The van der Waals surface area contributed by atoms with E-state index in [-0.39, 0.29) is 5.41 Å². The second-order valence-electron chi connectivity index (χ2n) is 5.50. The number of hydrazine groups is 1. The van der Waals surface area contributed by atoms with Crippen LogP contribution in [0.1, 0.15) is 45.0 Å². The van der Waals surface area contributed by atoms with E-state index in [4.69, 9.17) is 10.6 Å². The summed E-state index contributed by atoms with van der Waals surface area (Å²) in [5.74, 6) is 7.42. The van der Waals surface area contributed by atoms with Crippen LogP contribution in [0.3, 0.4) is 0 Å². The van der Waals surface area contributed by atoms with Gasteiger partial charge in [0, 0.05) is 5.41 Å². The summed E-state index contributed by atoms with van der Waals surface area (Å²) in [6.45, 7) is 12.4. The second kappa shape index (κ2) is 6.52. The molecule has 1 rings (SSSR count). The number of hydrogen-bond acceptors (Lipinski definition) is 5. The van der Waals surface area contributed by atoms with Gasteiger partial charge in [-0.3, -0.25) is 0 Å². The first kappa shape index (κ1) is 15.4. The van der Waals surface area contributed by atoms with Gasteiger partial charge in [-0.05, 0) is 19.8 Å². The van der Waals surface area contributed by atoms with Crippen LogP contribution in [0.15, 0.2) is 12.7 Å². The Kier molecular flexibility index (Phi) is 5.30. The molecule has 0 amide bonds. The average Bonchev–Trinajstić information content (AvgIpc) is 2.35. The molecular formula is C14H24N4O. The van der Waals surface area contributed by atoms with Gasteiger partial charge in [-0.1, -0.05) is 26.8 Å². The van der Waals surface area contributed by atoms with Gasteiger partial charge in [0.05, 0.1) is 12.2 Å². The van der Waals surface area contributed by atoms with Gasteiger partial charge >= 0.3 is 0 Å². The number of nitrogen functional groups attached to an aromatic ring is 1. The van der Waals surface area contributed by atoms with Gasteiger partial charge in [-0.25, -0.2) is 10.8 Å². The second-order valence-corrected chi connectivity index (χ2v) is 5.50. The van der Waals surface area contributed by atoms with Crippen molar-refractivity contribution in [3.05, 3.63) is 24.0 Å². The molecule has 106 valence electrons. The van der Waals surface area contributed by atoms with Crippen LogP contribution in [0.25, 0.3) is 0 Å². The third-order valence-electron chi connectivity index (χ3n) is 2.70. The summed E-state index contributed by atoms with van der Waals surface area (Å²) in [5, 5.41) is 0. The Labute approximate surface area is 115 Å². The molecule has 0 radical (unpaired) electrons. The Balaban J connectivity index is 2.98. The van der Waals surface area contributed by atoms with Crippen LogP contribution in [0, 0.1) is 6.92 Å². The summed E-state index contributed by atoms with van der Waals surface area (Å²) in [7, 11) is 0. The molecule has 0 aromatic carbocycles. The molecule has 0 saturated heterocycles. The minimum atomic E-state index is -0.154. The number of nitrogens with one attached hydrogen (secondary N) is 1. The van der Waals surface area contributed by atoms with E-state index in [0.717, 1.165) is 18.4 Å². The minimum absolute atomic E-state index is 0.154. The zero-order chi connectivity index (χ0) is 14.5. The van der Waals surface area contributed by atoms with Gasteiger partial charge in [0.2, 0.25) is 5.88 Å². The highest BCUT2D eigenvalue weighted by Crippen LogP contribution is 2.27. The fourth-order valence-electron chi connectivity index (χ4n) is 1.51. The van der Waals surface area contributed by atoms with Crippen LogP contribution in [-0.4, -0.2) is 16.6 Å². The molecule has 5 nitrogen and oxygen atoms in total. The number of unbranched alkanes of at least 4 members (excludes halogenated alkanes) is 1. The number of nitrogens with zero attached hydrogens (tertiary/aromatic N) is 2. The molecule has 5 heteroatoms. The van der Waals surface area contributed by atoms with Crippen LogP contribution in [0.4, 0.5) is 5.82 Å². The van der Waals surface area contributed by atoms with Crippen molar-refractivity contribution in [3.8, 4) is 5.88 Å². The standard InChI is InChI=1S/C14H24N4O/c1-6-7-8-9-19-12-10(2)11(18-15)16-13(17-12)14(3,4)5/h6H,1,7-9,15H2,2-5H3,(H,16,17,18). The third-order valence-corrected chi connectivity index (χ3v) is 2.70. The molecule has 0 fully saturated rings. The Hall–Kier alpha value is -1.62. The molecule has 0 aliphatic rings. The van der Waals surface area contributed by atoms with Crippen LogP contribution >= 0.6 is 0 Å². The molecule has 0 spiro atoms. The van der Waals surface area contributed by atoms with Crippen LogP contribution in [-0.2, 0) is 5.41 Å². The van der Waals surface area contributed by atoms with Gasteiger partial charge in [-0.15, -0.1) is 6.58 Å². The van der Waals surface area contributed by atoms with Crippen LogP contribution < -0.4 is 16.0 Å². The molecule has 0 aliphatic heterocycles. The van der Waals surface area contributed by atoms with E-state index >= 15 is 0 Å². The zero-order valence-corrected chi connectivity index (χ0v) is 12.3. The lowest BCUT2D eigenvalue weighted by Crippen LogP contribution is -2.20. The fourth-order valence-corrected chi connectivity index (χ4v) is 1.51. The van der Waals surface area contributed by atoms with Crippen molar-refractivity contribution in [2.45, 2.75) is 46.0 Å². The quantitative estimate of drug-likeness (QED) is 0.358. The van der Waals surface area contributed by atoms with E-state index in [0.29, 0.717) is 24.1 Å². The van der Waals surface area contributed by atoms with Crippen LogP contribution in [0.5, 0.6) is 5.88 Å². The van der Waals surface area contributed by atoms with Crippen molar-refractivity contribution in [2.75, 3.05) is 12.0 Å². The van der Waals surface area contributed by atoms with Crippen LogP contribution in [0.2, 0.25) is 0 Å². The van der Waals surface area contributed by atoms with E-state index in [9.17, 15) is 0 Å². The maximum atomic E-state index is 5.72. The molecule has 1 heterocycles. The van der Waals surface area contributed by atoms with Crippen molar-refractivity contribution >= 4 is 5.82 Å². The molecule has 0 unspecified atom stereocenters. The monoisotopic (exact) mass is 264 g/mol. The number of nitrogens with two attached hydrogens (primary N) is 1. The van der Waals surface area contributed by atoms with E-state index in [2.05, 4.69) is 42.7 Å². The van der Waals surface area contributed by atoms with E-state index in [1.807, 2.05) is 13.0 Å². The lowest BCUT2D eigenvalue weighted by Gasteiger charge is -2.20. The van der Waals surface area contributed by atoms with Crippen molar-refractivity contribution in [1.29, 1.82) is 0 Å². The predicted octanol–water partition coefficient (Wildman–Crippen LogP) is 2.71. The van der Waals surface area contributed by atoms with E-state index in [1.165, 1.54) is 0 Å². The minimum Gasteiger partial charge on any atom is -0.477 e. The highest BCUT2D eigenvalue weighted by Gasteiger charge is 2.21. The fraction of sp³-hybridized carbons (Fsp3) is 0.571. The van der Waals surface area contributed by atoms with Crippen molar-refractivity contribution in [1.82, 2.24) is 9.97 Å². The lowest BCUT2D eigenvalue weighted by molar-refractivity contribution is 0.294. The van der Waals surface area contributed by atoms with Crippen molar-refractivity contribution in [2.24, 2.45) is 5.84 Å². The molecule has 19 heavy (non-hydrogen) atoms. The molecule has 0 atom stereocenters. The maximum Gasteiger partial charge on any atom is 0.221 e. The molecule has 0 aliphatic carbocycles. The Morgan fingerprint density at radius 2 is 2.05 bits per heavy atom. The van der Waals surface area contributed by atoms with Gasteiger partial charge in [0.1, 0.15) is 5.82 Å². The highest BCUT2D eigenvalue weighted by molar-refractivity contribution is 5.48. The zero-order valence-electron chi connectivity index (χ0n) is 12.3. The highest BCUT2D eigenvalue weighted by atomic mass is 16.5. The summed E-state index contributed by atoms with van der Waals surface area (Å²) in [4.78, 5) is 8.92. The van der Waals surface area contributed by atoms with Gasteiger partial charge in [-0.2, -0.15) is 4.98 Å². The first-order valence-corrected chi connectivity index (χ1v) is 6.49. The summed E-state index contributed by atoms with van der Waals surface area (Å²) in [6, 6.07) is 0. The molecule has 0 saturated carbocycles. The maximum absolute atomic E-state index is 5.72. The Bertz CT molecular complexity index is 438. The SMILES string of the molecule is C=CCCCOc1nc(C(C)(C)C)nc(NN)c1C. The summed E-state index contributed by atoms with van der Waals surface area (Å²) < 4.78 is 5.72. The van der Waals surface area contributed by atoms with Gasteiger partial charge in [0.15, 0.2) is 5.82 Å². The Morgan fingerprint density at radius 1 is 1.37 bits per heavy atom.